The number of aromatic nitrogens is 2. The van der Waals surface area contributed by atoms with Crippen molar-refractivity contribution in [2.45, 2.75) is 63.1 Å². The molecule has 16 nitrogen and oxygen atoms in total. The zero-order valence-electron chi connectivity index (χ0n) is 26.9. The number of carboxylic acid groups (broad SMARTS) is 1. The molecule has 1 saturated heterocycles. The third-order valence-electron chi connectivity index (χ3n) is 8.61. The number of aryl methyl sites for hydroxylation is 2. The average molecular weight is 718 g/mol. The molecule has 6 N–H and O–H groups in total. The first-order chi connectivity index (χ1) is 23.0. The van der Waals surface area contributed by atoms with Crippen molar-refractivity contribution in [2.24, 2.45) is 23.9 Å². The summed E-state index contributed by atoms with van der Waals surface area (Å²) in [5, 5.41) is 15.5. The van der Waals surface area contributed by atoms with E-state index in [0.717, 1.165) is 48.1 Å². The zero-order chi connectivity index (χ0) is 35.7. The number of aliphatic carboxylic acids is 1. The van der Waals surface area contributed by atoms with E-state index < -0.39 is 64.4 Å². The summed E-state index contributed by atoms with van der Waals surface area (Å²) in [7, 11) is -3.00. The molecule has 0 radical (unpaired) electrons. The number of β-lactam (4-membered cyclic amide) rings is 1. The van der Waals surface area contributed by atoms with E-state index >= 15 is 0 Å². The fourth-order valence-electron chi connectivity index (χ4n) is 5.32. The molecule has 2 aliphatic rings. The zero-order valence-corrected chi connectivity index (χ0v) is 28.6. The number of Topliss-reactive ketones (excluding diaryl/α,β-unsaturated/α-hetero) is 1. The maximum Gasteiger partial charge on any atom is 0.418 e. The number of anilines is 1. The minimum Gasteiger partial charge on any atom is -0.489 e. The van der Waals surface area contributed by atoms with Gasteiger partial charge in [-0.25, -0.2) is 14.3 Å². The second kappa shape index (κ2) is 13.8. The van der Waals surface area contributed by atoms with Crippen LogP contribution in [0.2, 0.25) is 0 Å². The molecule has 262 valence electrons. The van der Waals surface area contributed by atoms with Crippen molar-refractivity contribution in [1.29, 1.82) is 0 Å². The Labute approximate surface area is 286 Å². The summed E-state index contributed by atoms with van der Waals surface area (Å²) in [6, 6.07) is 11.2. The highest BCUT2D eigenvalue weighted by Gasteiger charge is 2.57. The van der Waals surface area contributed by atoms with E-state index in [1.807, 2.05) is 31.4 Å². The molecule has 49 heavy (non-hydrogen) atoms. The van der Waals surface area contributed by atoms with Gasteiger partial charge < -0.3 is 26.1 Å². The lowest BCUT2D eigenvalue weighted by atomic mass is 9.74. The van der Waals surface area contributed by atoms with Gasteiger partial charge in [0.25, 0.3) is 12.0 Å². The molecule has 0 bridgehead atoms. The number of carbonyl (C=O) groups excluding carboxylic acids is 2. The predicted molar refractivity (Wildman–Crippen MR) is 175 cm³/mol. The van der Waals surface area contributed by atoms with Crippen LogP contribution in [0.25, 0.3) is 11.1 Å². The van der Waals surface area contributed by atoms with Crippen molar-refractivity contribution in [3.63, 3.8) is 0 Å². The second-order valence-corrected chi connectivity index (χ2v) is 14.5. The number of pyridine rings is 1. The normalized spacial score (nSPS) is 18.8. The van der Waals surface area contributed by atoms with Crippen molar-refractivity contribution >= 4 is 50.2 Å². The van der Waals surface area contributed by atoms with Crippen LogP contribution in [0.5, 0.6) is 5.75 Å². The van der Waals surface area contributed by atoms with Crippen LogP contribution >= 0.6 is 11.3 Å². The molecule has 1 unspecified atom stereocenters. The second-order valence-electron chi connectivity index (χ2n) is 12.6. The standard InChI is InChI=1S/C31H36N6O10S2/c1-30(2)22(27(39)37(30)47-49(42,43)44)14-24(38)26(23-17-48-29(32)34-23)35-46-25(28(40)41)16-45-21-8-5-18(6-9-21)19-4-7-20(36(3)15-19)10-11-31(33)12-13-31/h4-9,15,17,22,25H,10-14,16,33H2,1-3H3,(H3-,32,34,40,41,42,43,44)/p+1/b35-26-/t22-,25?/m1/s1. The lowest BCUT2D eigenvalue weighted by Crippen LogP contribution is -2.68. The Bertz CT molecular complexity index is 1890. The van der Waals surface area contributed by atoms with E-state index in [9.17, 15) is 27.9 Å². The first-order valence-electron chi connectivity index (χ1n) is 15.2. The van der Waals surface area contributed by atoms with Crippen molar-refractivity contribution < 1.29 is 50.9 Å². The highest BCUT2D eigenvalue weighted by Crippen LogP contribution is 2.41. The maximum atomic E-state index is 13.4. The first-order valence-corrected chi connectivity index (χ1v) is 17.4. The highest BCUT2D eigenvalue weighted by atomic mass is 32.3. The number of carbonyl (C=O) groups is 3. The summed E-state index contributed by atoms with van der Waals surface area (Å²) < 4.78 is 43.3. The minimum atomic E-state index is -4.99. The SMILES string of the molecule is C[n+]1cc(-c2ccc(OCC(O/N=C(\C(=O)C[C@@H]3C(=O)N(OS(=O)(=O)O)C3(C)C)c3csc(N)n3)C(=O)O)cc2)ccc1CCC1(N)CC1. The maximum absolute atomic E-state index is 13.4. The Kier molecular flexibility index (Phi) is 10.1. The van der Waals surface area contributed by atoms with Crippen LogP contribution in [0.1, 0.15) is 50.9 Å². The van der Waals surface area contributed by atoms with Gasteiger partial charge in [-0.3, -0.25) is 14.1 Å². The molecule has 1 aliphatic carbocycles. The van der Waals surface area contributed by atoms with Crippen molar-refractivity contribution in [3.05, 3.63) is 59.4 Å². The van der Waals surface area contributed by atoms with Crippen LogP contribution in [0.4, 0.5) is 5.13 Å². The van der Waals surface area contributed by atoms with E-state index in [0.29, 0.717) is 10.8 Å². The average Bonchev–Trinajstić information content (AvgIpc) is 3.62. The van der Waals surface area contributed by atoms with Gasteiger partial charge in [0.05, 0.1) is 11.5 Å². The van der Waals surface area contributed by atoms with Gasteiger partial charge in [-0.2, -0.15) is 13.5 Å². The van der Waals surface area contributed by atoms with Crippen LogP contribution in [0, 0.1) is 5.92 Å². The number of ketones is 1. The third-order valence-corrected chi connectivity index (χ3v) is 9.62. The van der Waals surface area contributed by atoms with E-state index in [1.54, 1.807) is 12.1 Å². The Balaban J connectivity index is 1.23. The third kappa shape index (κ3) is 8.57. The van der Waals surface area contributed by atoms with Crippen LogP contribution in [0.15, 0.2) is 53.1 Å². The summed E-state index contributed by atoms with van der Waals surface area (Å²) >= 11 is 0.991. The molecule has 1 amide bonds. The summed E-state index contributed by atoms with van der Waals surface area (Å²) in [4.78, 5) is 47.2. The lowest BCUT2D eigenvalue weighted by molar-refractivity contribution is -0.678. The summed E-state index contributed by atoms with van der Waals surface area (Å²) in [5.74, 6) is -3.77. The Morgan fingerprint density at radius 2 is 1.86 bits per heavy atom. The topological polar surface area (TPSA) is 238 Å². The minimum absolute atomic E-state index is 0.0142. The van der Waals surface area contributed by atoms with Gasteiger partial charge in [0, 0.05) is 35.4 Å². The van der Waals surface area contributed by atoms with Gasteiger partial charge in [-0.1, -0.05) is 17.3 Å². The van der Waals surface area contributed by atoms with E-state index in [1.165, 1.54) is 24.9 Å². The largest absolute Gasteiger partial charge is 0.489 e. The Hall–Kier alpha value is -4.49. The molecule has 1 saturated carbocycles. The van der Waals surface area contributed by atoms with Gasteiger partial charge in [0.15, 0.2) is 28.5 Å². The van der Waals surface area contributed by atoms with Gasteiger partial charge >= 0.3 is 16.4 Å². The van der Waals surface area contributed by atoms with E-state index in [4.69, 9.17) is 25.6 Å². The molecule has 2 fully saturated rings. The molecule has 18 heteroatoms. The van der Waals surface area contributed by atoms with Gasteiger partial charge in [0.2, 0.25) is 0 Å². The molecule has 3 aromatic rings. The molecule has 0 spiro atoms. The number of thiazole rings is 1. The highest BCUT2D eigenvalue weighted by molar-refractivity contribution is 7.80. The van der Waals surface area contributed by atoms with E-state index in [-0.39, 0.29) is 16.4 Å². The number of rotatable bonds is 16. The quantitative estimate of drug-likeness (QED) is 0.0545. The number of nitrogens with zero attached hydrogens (tertiary/aromatic N) is 4. The Morgan fingerprint density at radius 3 is 2.41 bits per heavy atom. The molecular weight excluding hydrogens is 681 g/mol. The van der Waals surface area contributed by atoms with Crippen molar-refractivity contribution in [2.75, 3.05) is 12.3 Å². The summed E-state index contributed by atoms with van der Waals surface area (Å²) in [5.41, 5.74) is 13.3. The first kappa shape index (κ1) is 35.8. The molecule has 2 atom stereocenters. The smallest absolute Gasteiger partial charge is 0.418 e. The predicted octanol–water partition coefficient (Wildman–Crippen LogP) is 1.82. The van der Waals surface area contributed by atoms with Crippen LogP contribution in [-0.2, 0) is 47.4 Å². The summed E-state index contributed by atoms with van der Waals surface area (Å²) in [6.07, 6.45) is 3.89. The molecule has 5 rings (SSSR count). The van der Waals surface area contributed by atoms with Crippen molar-refractivity contribution in [1.82, 2.24) is 10.0 Å². The van der Waals surface area contributed by atoms with Crippen LogP contribution in [-0.4, -0.2) is 75.3 Å². The van der Waals surface area contributed by atoms with Crippen LogP contribution in [0.3, 0.4) is 0 Å². The number of nitrogens with two attached hydrogens (primary N) is 2. The fraction of sp³-hybridized carbons (Fsp3) is 0.419. The fourth-order valence-corrected chi connectivity index (χ4v) is 6.32. The molecule has 1 aliphatic heterocycles. The number of oxime groups is 1. The number of hydroxylamine groups is 2. The molecular formula is C31H37N6O10S2+. The Morgan fingerprint density at radius 1 is 1.18 bits per heavy atom. The van der Waals surface area contributed by atoms with Crippen molar-refractivity contribution in [3.8, 4) is 16.9 Å². The molecule has 2 aromatic heterocycles. The number of benzene rings is 1. The van der Waals surface area contributed by atoms with Gasteiger partial charge in [-0.05, 0) is 56.9 Å². The van der Waals surface area contributed by atoms with Gasteiger partial charge in [-0.15, -0.1) is 15.6 Å². The number of amides is 1. The number of ether oxygens (including phenoxy) is 1. The summed E-state index contributed by atoms with van der Waals surface area (Å²) in [6.45, 7) is 2.39. The number of nitrogen functional groups attached to an aromatic ring is 1. The lowest BCUT2D eigenvalue weighted by Gasteiger charge is -2.50. The number of hydrogen-bond donors (Lipinski definition) is 4. The monoisotopic (exact) mass is 717 g/mol. The van der Waals surface area contributed by atoms with Gasteiger partial charge in [0.1, 0.15) is 25.1 Å². The molecule has 1 aromatic carbocycles. The van der Waals surface area contributed by atoms with E-state index in [2.05, 4.69) is 25.1 Å². The molecule has 3 heterocycles. The number of carboxylic acids is 1. The van der Waals surface area contributed by atoms with Crippen LogP contribution < -0.4 is 20.8 Å². The number of hydrogen-bond acceptors (Lipinski definition) is 13.